The third-order valence-corrected chi connectivity index (χ3v) is 3.49. The van der Waals surface area contributed by atoms with Gasteiger partial charge in [-0.15, -0.1) is 0 Å². The second-order valence-electron chi connectivity index (χ2n) is 5.13. The van der Waals surface area contributed by atoms with Crippen LogP contribution in [-0.4, -0.2) is 6.04 Å². The highest BCUT2D eigenvalue weighted by Crippen LogP contribution is 2.17. The Morgan fingerprint density at radius 2 is 1.84 bits per heavy atom. The predicted molar refractivity (Wildman–Crippen MR) is 79.2 cm³/mol. The second kappa shape index (κ2) is 6.58. The van der Waals surface area contributed by atoms with Crippen molar-refractivity contribution in [3.63, 3.8) is 0 Å². The topological polar surface area (TPSA) is 25.2 Å². The molecule has 1 aromatic heterocycles. The number of rotatable bonds is 6. The van der Waals surface area contributed by atoms with Crippen LogP contribution in [-0.2, 0) is 6.42 Å². The minimum Gasteiger partial charge on any atom is -0.465 e. The zero-order valence-electron chi connectivity index (χ0n) is 12.0. The third kappa shape index (κ3) is 3.97. The second-order valence-corrected chi connectivity index (χ2v) is 5.13. The first kappa shape index (κ1) is 13.9. The van der Waals surface area contributed by atoms with Crippen molar-refractivity contribution in [2.45, 2.75) is 45.7 Å². The van der Waals surface area contributed by atoms with Gasteiger partial charge in [0, 0.05) is 6.04 Å². The maximum atomic E-state index is 5.68. The largest absolute Gasteiger partial charge is 0.465 e. The Balaban J connectivity index is 1.95. The van der Waals surface area contributed by atoms with Crippen LogP contribution in [0.2, 0.25) is 0 Å². The summed E-state index contributed by atoms with van der Waals surface area (Å²) < 4.78 is 5.68. The molecule has 0 radical (unpaired) electrons. The molecule has 2 unspecified atom stereocenters. The zero-order chi connectivity index (χ0) is 13.7. The van der Waals surface area contributed by atoms with Crippen LogP contribution < -0.4 is 5.32 Å². The van der Waals surface area contributed by atoms with Crippen molar-refractivity contribution in [3.8, 4) is 0 Å². The van der Waals surface area contributed by atoms with Gasteiger partial charge in [0.05, 0.1) is 6.04 Å². The Bertz CT molecular complexity index is 489. The minimum atomic E-state index is 0.252. The molecule has 1 aromatic carbocycles. The first-order valence-corrected chi connectivity index (χ1v) is 7.05. The summed E-state index contributed by atoms with van der Waals surface area (Å²) in [6.45, 7) is 6.37. The lowest BCUT2D eigenvalue weighted by Crippen LogP contribution is -2.32. The average Bonchev–Trinajstić information content (AvgIpc) is 2.86. The summed E-state index contributed by atoms with van der Waals surface area (Å²) in [4.78, 5) is 0. The van der Waals surface area contributed by atoms with E-state index in [0.29, 0.717) is 6.04 Å². The van der Waals surface area contributed by atoms with Gasteiger partial charge in [0.15, 0.2) is 0 Å². The van der Waals surface area contributed by atoms with Crippen LogP contribution in [0.5, 0.6) is 0 Å². The monoisotopic (exact) mass is 257 g/mol. The lowest BCUT2D eigenvalue weighted by molar-refractivity contribution is 0.372. The predicted octanol–water partition coefficient (Wildman–Crippen LogP) is 4.26. The van der Waals surface area contributed by atoms with Gasteiger partial charge in [-0.2, -0.15) is 0 Å². The molecule has 2 aromatic rings. The van der Waals surface area contributed by atoms with Crippen LogP contribution in [0.15, 0.2) is 46.9 Å². The molecule has 0 fully saturated rings. The van der Waals surface area contributed by atoms with E-state index < -0.39 is 0 Å². The fourth-order valence-corrected chi connectivity index (χ4v) is 2.34. The van der Waals surface area contributed by atoms with Crippen molar-refractivity contribution in [1.29, 1.82) is 0 Å². The Morgan fingerprint density at radius 3 is 2.42 bits per heavy atom. The third-order valence-electron chi connectivity index (χ3n) is 3.49. The Kier molecular flexibility index (Phi) is 4.80. The van der Waals surface area contributed by atoms with Crippen molar-refractivity contribution in [1.82, 2.24) is 5.32 Å². The van der Waals surface area contributed by atoms with Crippen LogP contribution in [0.1, 0.15) is 43.4 Å². The Morgan fingerprint density at radius 1 is 1.11 bits per heavy atom. The van der Waals surface area contributed by atoms with Gasteiger partial charge in [-0.3, -0.25) is 0 Å². The Labute approximate surface area is 115 Å². The molecule has 0 aliphatic heterocycles. The van der Waals surface area contributed by atoms with Crippen LogP contribution >= 0.6 is 0 Å². The minimum absolute atomic E-state index is 0.252. The maximum Gasteiger partial charge on any atom is 0.120 e. The molecule has 2 heteroatoms. The van der Waals surface area contributed by atoms with Gasteiger partial charge in [-0.1, -0.05) is 37.3 Å². The van der Waals surface area contributed by atoms with Gasteiger partial charge in [0.2, 0.25) is 0 Å². The Hall–Kier alpha value is -1.54. The van der Waals surface area contributed by atoms with Gasteiger partial charge < -0.3 is 9.73 Å². The van der Waals surface area contributed by atoms with Gasteiger partial charge >= 0.3 is 0 Å². The summed E-state index contributed by atoms with van der Waals surface area (Å²) in [5.41, 5.74) is 1.38. The van der Waals surface area contributed by atoms with Gasteiger partial charge in [0.1, 0.15) is 11.5 Å². The number of furan rings is 1. The van der Waals surface area contributed by atoms with E-state index >= 15 is 0 Å². The van der Waals surface area contributed by atoms with Crippen molar-refractivity contribution in [2.75, 3.05) is 0 Å². The lowest BCUT2D eigenvalue weighted by atomic mass is 10.0. The van der Waals surface area contributed by atoms with Crippen LogP contribution in [0.3, 0.4) is 0 Å². The van der Waals surface area contributed by atoms with Crippen molar-refractivity contribution in [3.05, 3.63) is 59.5 Å². The van der Waals surface area contributed by atoms with Crippen LogP contribution in [0.4, 0.5) is 0 Å². The summed E-state index contributed by atoms with van der Waals surface area (Å²) in [5.74, 6) is 1.99. The summed E-state index contributed by atoms with van der Waals surface area (Å²) >= 11 is 0. The number of hydrogen-bond donors (Lipinski definition) is 1. The fourth-order valence-electron chi connectivity index (χ4n) is 2.34. The first-order valence-electron chi connectivity index (χ1n) is 7.05. The molecule has 0 bridgehead atoms. The standard InChI is InChI=1S/C17H23NO/c1-4-16(12-15-8-6-5-7-9-15)18-14(3)17-11-10-13(2)19-17/h5-11,14,16,18H,4,12H2,1-3H3. The van der Waals surface area contributed by atoms with E-state index in [1.54, 1.807) is 0 Å². The average molecular weight is 257 g/mol. The summed E-state index contributed by atoms with van der Waals surface area (Å²) in [5, 5.41) is 3.65. The van der Waals surface area contributed by atoms with E-state index in [9.17, 15) is 0 Å². The normalized spacial score (nSPS) is 14.3. The van der Waals surface area contributed by atoms with E-state index in [1.165, 1.54) is 5.56 Å². The van der Waals surface area contributed by atoms with E-state index in [0.717, 1.165) is 24.4 Å². The van der Waals surface area contributed by atoms with Crippen LogP contribution in [0, 0.1) is 6.92 Å². The molecule has 19 heavy (non-hydrogen) atoms. The SMILES string of the molecule is CCC(Cc1ccccc1)NC(C)c1ccc(C)o1. The van der Waals surface area contributed by atoms with Gasteiger partial charge in [-0.05, 0) is 44.4 Å². The van der Waals surface area contributed by atoms with Crippen molar-refractivity contribution < 1.29 is 4.42 Å². The molecule has 1 heterocycles. The molecule has 2 rings (SSSR count). The number of hydrogen-bond acceptors (Lipinski definition) is 2. The zero-order valence-corrected chi connectivity index (χ0v) is 12.0. The molecular weight excluding hydrogens is 234 g/mol. The van der Waals surface area contributed by atoms with Crippen LogP contribution in [0.25, 0.3) is 0 Å². The molecular formula is C17H23NO. The molecule has 0 saturated carbocycles. The highest BCUT2D eigenvalue weighted by Gasteiger charge is 2.14. The molecule has 0 amide bonds. The van der Waals surface area contributed by atoms with Gasteiger partial charge in [0.25, 0.3) is 0 Å². The van der Waals surface area contributed by atoms with E-state index in [2.05, 4.69) is 55.6 Å². The summed E-state index contributed by atoms with van der Waals surface area (Å²) in [6.07, 6.45) is 2.17. The van der Waals surface area contributed by atoms with Crippen molar-refractivity contribution in [2.24, 2.45) is 0 Å². The number of nitrogens with one attached hydrogen (secondary N) is 1. The fraction of sp³-hybridized carbons (Fsp3) is 0.412. The van der Waals surface area contributed by atoms with E-state index in [-0.39, 0.29) is 6.04 Å². The molecule has 0 saturated heterocycles. The molecule has 2 atom stereocenters. The quantitative estimate of drug-likeness (QED) is 0.836. The molecule has 102 valence electrons. The number of benzene rings is 1. The smallest absolute Gasteiger partial charge is 0.120 e. The van der Waals surface area contributed by atoms with Gasteiger partial charge in [-0.25, -0.2) is 0 Å². The molecule has 1 N–H and O–H groups in total. The van der Waals surface area contributed by atoms with Crippen molar-refractivity contribution >= 4 is 0 Å². The highest BCUT2D eigenvalue weighted by molar-refractivity contribution is 5.16. The first-order chi connectivity index (χ1) is 9.19. The molecule has 0 aliphatic carbocycles. The summed E-state index contributed by atoms with van der Waals surface area (Å²) in [6, 6.07) is 15.4. The maximum absolute atomic E-state index is 5.68. The summed E-state index contributed by atoms with van der Waals surface area (Å²) in [7, 11) is 0. The van der Waals surface area contributed by atoms with E-state index in [1.807, 2.05) is 13.0 Å². The van der Waals surface area contributed by atoms with E-state index in [4.69, 9.17) is 4.42 Å². The highest BCUT2D eigenvalue weighted by atomic mass is 16.3. The lowest BCUT2D eigenvalue weighted by Gasteiger charge is -2.21. The molecule has 2 nitrogen and oxygen atoms in total. The number of aryl methyl sites for hydroxylation is 1. The molecule has 0 spiro atoms. The molecule has 0 aliphatic rings.